The van der Waals surface area contributed by atoms with Crippen molar-refractivity contribution in [2.24, 2.45) is 5.92 Å². The van der Waals surface area contributed by atoms with Gasteiger partial charge in [0.15, 0.2) is 5.82 Å². The molecule has 1 unspecified atom stereocenters. The van der Waals surface area contributed by atoms with Crippen LogP contribution in [-0.4, -0.2) is 61.0 Å². The lowest BCUT2D eigenvalue weighted by Crippen LogP contribution is -2.42. The molecule has 2 aromatic rings. The van der Waals surface area contributed by atoms with E-state index in [-0.39, 0.29) is 23.7 Å². The van der Waals surface area contributed by atoms with Gasteiger partial charge in [0.1, 0.15) is 5.82 Å². The Kier molecular flexibility index (Phi) is 4.77. The molecule has 3 aliphatic rings. The molecule has 0 N–H and O–H groups in total. The third-order valence-corrected chi connectivity index (χ3v) is 6.24. The van der Waals surface area contributed by atoms with E-state index >= 15 is 0 Å². The summed E-state index contributed by atoms with van der Waals surface area (Å²) in [6.07, 6.45) is 7.90. The van der Waals surface area contributed by atoms with Crippen LogP contribution in [0.25, 0.3) is 0 Å². The van der Waals surface area contributed by atoms with Crippen molar-refractivity contribution in [1.29, 1.82) is 0 Å². The Morgan fingerprint density at radius 3 is 2.76 bits per heavy atom. The van der Waals surface area contributed by atoms with Crippen LogP contribution in [-0.2, 0) is 29.1 Å². The fraction of sp³-hybridized carbons (Fsp3) is 0.571. The van der Waals surface area contributed by atoms with Gasteiger partial charge in [-0.05, 0) is 37.3 Å². The van der Waals surface area contributed by atoms with Gasteiger partial charge in [0.2, 0.25) is 11.8 Å². The number of nitrogens with zero attached hydrogens (tertiary/aromatic N) is 6. The van der Waals surface area contributed by atoms with Crippen LogP contribution < -0.4 is 0 Å². The summed E-state index contributed by atoms with van der Waals surface area (Å²) in [5.41, 5.74) is 0.944. The normalized spacial score (nSPS) is 21.7. The molecule has 1 saturated carbocycles. The Morgan fingerprint density at radius 2 is 1.97 bits per heavy atom. The number of hydrogen-bond acceptors (Lipinski definition) is 5. The van der Waals surface area contributed by atoms with E-state index in [1.54, 1.807) is 12.4 Å². The summed E-state index contributed by atoms with van der Waals surface area (Å²) < 4.78 is 2.18. The molecule has 0 bridgehead atoms. The lowest BCUT2D eigenvalue weighted by Gasteiger charge is -2.34. The lowest BCUT2D eigenvalue weighted by atomic mass is 9.96. The average Bonchev–Trinajstić information content (AvgIpc) is 3.53. The van der Waals surface area contributed by atoms with Gasteiger partial charge in [0.25, 0.3) is 0 Å². The molecule has 0 radical (unpaired) electrons. The van der Waals surface area contributed by atoms with Crippen LogP contribution in [0.15, 0.2) is 24.5 Å². The first kappa shape index (κ1) is 18.3. The van der Waals surface area contributed by atoms with Gasteiger partial charge in [0, 0.05) is 50.4 Å². The first-order chi connectivity index (χ1) is 14.2. The maximum atomic E-state index is 12.8. The highest BCUT2D eigenvalue weighted by Crippen LogP contribution is 2.33. The van der Waals surface area contributed by atoms with Crippen molar-refractivity contribution in [1.82, 2.24) is 29.5 Å². The Hall–Kier alpha value is -2.77. The maximum absolute atomic E-state index is 12.8. The Bertz CT molecular complexity index is 907. The first-order valence-corrected chi connectivity index (χ1v) is 10.6. The number of carbonyl (C=O) groups is 2. The summed E-state index contributed by atoms with van der Waals surface area (Å²) in [7, 11) is 0. The van der Waals surface area contributed by atoms with Crippen molar-refractivity contribution in [2.45, 2.75) is 51.1 Å². The second-order valence-corrected chi connectivity index (χ2v) is 8.38. The summed E-state index contributed by atoms with van der Waals surface area (Å²) in [5, 5.41) is 8.87. The fourth-order valence-electron chi connectivity index (χ4n) is 4.46. The minimum atomic E-state index is 0.141. The second kappa shape index (κ2) is 7.57. The Balaban J connectivity index is 1.26. The zero-order valence-electron chi connectivity index (χ0n) is 16.5. The number of amides is 2. The summed E-state index contributed by atoms with van der Waals surface area (Å²) >= 11 is 0. The van der Waals surface area contributed by atoms with Crippen molar-refractivity contribution in [3.63, 3.8) is 0 Å². The summed E-state index contributed by atoms with van der Waals surface area (Å²) in [4.78, 5) is 33.1. The lowest BCUT2D eigenvalue weighted by molar-refractivity contribution is -0.134. The number of hydrogen-bond donors (Lipinski definition) is 0. The van der Waals surface area contributed by atoms with Gasteiger partial charge in [0.05, 0.1) is 13.0 Å². The molecule has 1 aliphatic carbocycles. The molecule has 0 spiro atoms. The van der Waals surface area contributed by atoms with Crippen LogP contribution >= 0.6 is 0 Å². The molecule has 29 heavy (non-hydrogen) atoms. The van der Waals surface area contributed by atoms with Gasteiger partial charge in [-0.1, -0.05) is 6.07 Å². The predicted molar refractivity (Wildman–Crippen MR) is 105 cm³/mol. The second-order valence-electron chi connectivity index (χ2n) is 8.38. The van der Waals surface area contributed by atoms with Gasteiger partial charge in [-0.2, -0.15) is 0 Å². The zero-order chi connectivity index (χ0) is 19.8. The summed E-state index contributed by atoms with van der Waals surface area (Å²) in [5.74, 6) is 2.69. The van der Waals surface area contributed by atoms with Crippen LogP contribution in [0.2, 0.25) is 0 Å². The monoisotopic (exact) mass is 394 g/mol. The van der Waals surface area contributed by atoms with Crippen LogP contribution in [0.3, 0.4) is 0 Å². The minimum absolute atomic E-state index is 0.141. The molecule has 5 rings (SSSR count). The molecule has 1 saturated heterocycles. The molecule has 2 fully saturated rings. The molecule has 152 valence electrons. The number of pyridine rings is 1. The number of fused-ring (bicyclic) bond motifs is 1. The highest BCUT2D eigenvalue weighted by atomic mass is 16.2. The summed E-state index contributed by atoms with van der Waals surface area (Å²) in [6, 6.07) is 3.80. The number of likely N-dealkylation sites (tertiary alicyclic amines) is 1. The van der Waals surface area contributed by atoms with Crippen LogP contribution in [0.4, 0.5) is 0 Å². The quantitative estimate of drug-likeness (QED) is 0.782. The van der Waals surface area contributed by atoms with E-state index in [0.29, 0.717) is 19.5 Å². The van der Waals surface area contributed by atoms with Gasteiger partial charge < -0.3 is 14.4 Å². The summed E-state index contributed by atoms with van der Waals surface area (Å²) in [6.45, 7) is 3.50. The van der Waals surface area contributed by atoms with E-state index in [0.717, 1.165) is 62.5 Å². The van der Waals surface area contributed by atoms with Crippen molar-refractivity contribution in [3.05, 3.63) is 41.7 Å². The largest absolute Gasteiger partial charge is 0.342 e. The number of rotatable bonds is 4. The van der Waals surface area contributed by atoms with Gasteiger partial charge in [-0.15, -0.1) is 10.2 Å². The third-order valence-electron chi connectivity index (χ3n) is 6.24. The topological polar surface area (TPSA) is 84.2 Å². The number of aromatic nitrogens is 4. The molecule has 2 aliphatic heterocycles. The van der Waals surface area contributed by atoms with Crippen LogP contribution in [0, 0.1) is 5.92 Å². The van der Waals surface area contributed by atoms with E-state index < -0.39 is 0 Å². The highest BCUT2D eigenvalue weighted by Gasteiger charge is 2.36. The smallest absolute Gasteiger partial charge is 0.227 e. The highest BCUT2D eigenvalue weighted by molar-refractivity contribution is 5.81. The Morgan fingerprint density at radius 1 is 1.07 bits per heavy atom. The maximum Gasteiger partial charge on any atom is 0.227 e. The van der Waals surface area contributed by atoms with Gasteiger partial charge in [-0.3, -0.25) is 14.6 Å². The molecule has 4 heterocycles. The Labute approximate surface area is 169 Å². The van der Waals surface area contributed by atoms with E-state index in [1.165, 1.54) is 0 Å². The molecular weight excluding hydrogens is 368 g/mol. The number of carbonyl (C=O) groups excluding carboxylic acids is 2. The molecule has 0 aromatic carbocycles. The van der Waals surface area contributed by atoms with Crippen molar-refractivity contribution >= 4 is 11.8 Å². The van der Waals surface area contributed by atoms with E-state index in [1.807, 2.05) is 21.9 Å². The van der Waals surface area contributed by atoms with Crippen LogP contribution in [0.1, 0.15) is 48.8 Å². The molecule has 2 amide bonds. The zero-order valence-corrected chi connectivity index (χ0v) is 16.5. The van der Waals surface area contributed by atoms with E-state index in [9.17, 15) is 9.59 Å². The average molecular weight is 394 g/mol. The van der Waals surface area contributed by atoms with E-state index in [4.69, 9.17) is 0 Å². The molecule has 1 atom stereocenters. The predicted octanol–water partition coefficient (Wildman–Crippen LogP) is 1.37. The SMILES string of the molecule is O=C(Cc1cccnc1)N1CCCC(c2nnc3n2CCN(C(=O)C2CC2)C3)C1. The van der Waals surface area contributed by atoms with Gasteiger partial charge >= 0.3 is 0 Å². The van der Waals surface area contributed by atoms with Crippen molar-refractivity contribution in [3.8, 4) is 0 Å². The standard InChI is InChI=1S/C21H26N6O2/c28-19(11-15-3-1-7-22-12-15)25-8-2-4-17(13-25)20-24-23-18-14-26(9-10-27(18)20)21(29)16-5-6-16/h1,3,7,12,16-17H,2,4-6,8-11,13-14H2. The molecular formula is C21H26N6O2. The fourth-order valence-corrected chi connectivity index (χ4v) is 4.46. The minimum Gasteiger partial charge on any atom is -0.342 e. The van der Waals surface area contributed by atoms with Crippen molar-refractivity contribution < 1.29 is 9.59 Å². The van der Waals surface area contributed by atoms with E-state index in [2.05, 4.69) is 19.7 Å². The molecule has 8 heteroatoms. The van der Waals surface area contributed by atoms with Crippen molar-refractivity contribution in [2.75, 3.05) is 19.6 Å². The van der Waals surface area contributed by atoms with Crippen LogP contribution in [0.5, 0.6) is 0 Å². The third kappa shape index (κ3) is 3.75. The molecule has 8 nitrogen and oxygen atoms in total. The van der Waals surface area contributed by atoms with Gasteiger partial charge in [-0.25, -0.2) is 0 Å². The number of piperidine rings is 1. The molecule has 2 aromatic heterocycles. The first-order valence-electron chi connectivity index (χ1n) is 10.6.